The molecule has 1 aromatic carbocycles. The van der Waals surface area contributed by atoms with Crippen molar-refractivity contribution in [3.8, 4) is 5.75 Å². The summed E-state index contributed by atoms with van der Waals surface area (Å²) >= 11 is 5.51. The summed E-state index contributed by atoms with van der Waals surface area (Å²) in [5.41, 5.74) is 1.83. The van der Waals surface area contributed by atoms with Gasteiger partial charge >= 0.3 is 0 Å². The van der Waals surface area contributed by atoms with Crippen molar-refractivity contribution in [3.05, 3.63) is 23.2 Å². The Morgan fingerprint density at radius 2 is 2.20 bits per heavy atom. The van der Waals surface area contributed by atoms with E-state index in [0.717, 1.165) is 0 Å². The lowest BCUT2D eigenvalue weighted by atomic mass is 10.3. The van der Waals surface area contributed by atoms with Gasteiger partial charge in [-0.25, -0.2) is 0 Å². The lowest BCUT2D eigenvalue weighted by molar-refractivity contribution is -0.267. The maximum atomic E-state index is 10.7. The standard InChI is InChI=1S/C6H6ClNO2/c7-4-1-2-6(9)5(3-4)8-10/h1-3,8-10H/p-1. The lowest BCUT2D eigenvalue weighted by Crippen LogP contribution is -1.97. The first-order valence-corrected chi connectivity index (χ1v) is 2.98. The molecule has 4 heteroatoms. The summed E-state index contributed by atoms with van der Waals surface area (Å²) in [5.74, 6) is -0.285. The SMILES string of the molecule is [O-]c1ccc(Cl)cc1NO. The number of anilines is 1. The number of rotatable bonds is 1. The highest BCUT2D eigenvalue weighted by atomic mass is 35.5. The Hall–Kier alpha value is -0.930. The molecule has 0 aromatic heterocycles. The molecule has 0 atom stereocenters. The van der Waals surface area contributed by atoms with Crippen molar-refractivity contribution in [2.45, 2.75) is 0 Å². The maximum absolute atomic E-state index is 10.7. The summed E-state index contributed by atoms with van der Waals surface area (Å²) in [4.78, 5) is 0. The van der Waals surface area contributed by atoms with Gasteiger partial charge in [-0.1, -0.05) is 23.4 Å². The highest BCUT2D eigenvalue weighted by Crippen LogP contribution is 2.22. The maximum Gasteiger partial charge on any atom is 0.0538 e. The largest absolute Gasteiger partial charge is 0.871 e. The fraction of sp³-hybridized carbons (Fsp3) is 0. The van der Waals surface area contributed by atoms with E-state index in [2.05, 4.69) is 0 Å². The van der Waals surface area contributed by atoms with Gasteiger partial charge in [0.15, 0.2) is 0 Å². The van der Waals surface area contributed by atoms with Crippen LogP contribution >= 0.6 is 11.6 Å². The van der Waals surface area contributed by atoms with Gasteiger partial charge in [0.1, 0.15) is 0 Å². The zero-order chi connectivity index (χ0) is 7.56. The van der Waals surface area contributed by atoms with Crippen LogP contribution in [0.1, 0.15) is 0 Å². The molecule has 0 saturated carbocycles. The van der Waals surface area contributed by atoms with Crippen LogP contribution in [-0.2, 0) is 0 Å². The molecule has 0 heterocycles. The molecule has 0 spiro atoms. The van der Waals surface area contributed by atoms with Gasteiger partial charge in [0.05, 0.1) is 5.69 Å². The van der Waals surface area contributed by atoms with Crippen LogP contribution in [-0.4, -0.2) is 5.21 Å². The van der Waals surface area contributed by atoms with Gasteiger partial charge in [0, 0.05) is 5.02 Å². The summed E-state index contributed by atoms with van der Waals surface area (Å²) < 4.78 is 0. The predicted molar refractivity (Wildman–Crippen MR) is 36.3 cm³/mol. The van der Waals surface area contributed by atoms with Gasteiger partial charge in [0.2, 0.25) is 0 Å². The smallest absolute Gasteiger partial charge is 0.0538 e. The average Bonchev–Trinajstić information content (AvgIpc) is 1.94. The second-order valence-electron chi connectivity index (χ2n) is 1.75. The Bertz CT molecular complexity index is 239. The summed E-state index contributed by atoms with van der Waals surface area (Å²) in [7, 11) is 0. The zero-order valence-electron chi connectivity index (χ0n) is 4.97. The van der Waals surface area contributed by atoms with Crippen LogP contribution in [0.25, 0.3) is 0 Å². The minimum Gasteiger partial charge on any atom is -0.871 e. The van der Waals surface area contributed by atoms with Gasteiger partial charge in [0.25, 0.3) is 0 Å². The number of nitrogens with one attached hydrogen (secondary N) is 1. The molecule has 0 radical (unpaired) electrons. The van der Waals surface area contributed by atoms with E-state index in [1.165, 1.54) is 18.2 Å². The minimum atomic E-state index is -0.285. The average molecular weight is 159 g/mol. The lowest BCUT2D eigenvalue weighted by Gasteiger charge is -2.10. The van der Waals surface area contributed by atoms with Crippen LogP contribution < -0.4 is 10.6 Å². The van der Waals surface area contributed by atoms with Crippen molar-refractivity contribution in [3.63, 3.8) is 0 Å². The normalized spacial score (nSPS) is 9.40. The highest BCUT2D eigenvalue weighted by Gasteiger charge is 1.91. The molecule has 0 saturated heterocycles. The second kappa shape index (κ2) is 2.77. The van der Waals surface area contributed by atoms with Gasteiger partial charge in [-0.2, -0.15) is 0 Å². The first-order valence-electron chi connectivity index (χ1n) is 2.60. The van der Waals surface area contributed by atoms with Gasteiger partial charge in [-0.05, 0) is 12.1 Å². The van der Waals surface area contributed by atoms with Crippen LogP contribution in [0.2, 0.25) is 5.02 Å². The Labute approximate surface area is 62.8 Å². The number of hydrogen-bond donors (Lipinski definition) is 2. The van der Waals surface area contributed by atoms with Gasteiger partial charge in [-0.3, -0.25) is 10.7 Å². The molecule has 1 rings (SSSR count). The second-order valence-corrected chi connectivity index (χ2v) is 2.19. The summed E-state index contributed by atoms with van der Waals surface area (Å²) in [5, 5.41) is 19.5. The molecule has 0 amide bonds. The molecule has 0 aliphatic rings. The van der Waals surface area contributed by atoms with Crippen molar-refractivity contribution < 1.29 is 10.3 Å². The first kappa shape index (κ1) is 7.18. The van der Waals surface area contributed by atoms with Crippen LogP contribution in [0.3, 0.4) is 0 Å². The third-order valence-corrected chi connectivity index (χ3v) is 1.30. The Balaban J connectivity index is 3.09. The molecule has 2 N–H and O–H groups in total. The van der Waals surface area contributed by atoms with E-state index in [4.69, 9.17) is 16.8 Å². The predicted octanol–water partition coefficient (Wildman–Crippen LogP) is 1.21. The van der Waals surface area contributed by atoms with Crippen LogP contribution in [0.15, 0.2) is 18.2 Å². The Morgan fingerprint density at radius 1 is 1.50 bits per heavy atom. The molecular formula is C6H5ClNO2-. The Morgan fingerprint density at radius 3 is 2.70 bits per heavy atom. The van der Waals surface area contributed by atoms with Gasteiger partial charge < -0.3 is 5.11 Å². The molecule has 0 fully saturated rings. The molecular weight excluding hydrogens is 154 g/mol. The fourth-order valence-corrected chi connectivity index (χ4v) is 0.762. The van der Waals surface area contributed by atoms with E-state index in [-0.39, 0.29) is 11.4 Å². The van der Waals surface area contributed by atoms with E-state index in [0.29, 0.717) is 5.02 Å². The van der Waals surface area contributed by atoms with Crippen molar-refractivity contribution in [2.24, 2.45) is 0 Å². The quantitative estimate of drug-likeness (QED) is 0.605. The van der Waals surface area contributed by atoms with Crippen molar-refractivity contribution in [2.75, 3.05) is 5.48 Å². The topological polar surface area (TPSA) is 55.3 Å². The van der Waals surface area contributed by atoms with E-state index in [1.54, 1.807) is 5.48 Å². The van der Waals surface area contributed by atoms with Crippen molar-refractivity contribution in [1.82, 2.24) is 0 Å². The third-order valence-electron chi connectivity index (χ3n) is 1.06. The van der Waals surface area contributed by atoms with E-state index in [1.807, 2.05) is 0 Å². The van der Waals surface area contributed by atoms with E-state index < -0.39 is 0 Å². The fourth-order valence-electron chi connectivity index (χ4n) is 0.590. The first-order chi connectivity index (χ1) is 4.74. The van der Waals surface area contributed by atoms with Crippen LogP contribution in [0, 0.1) is 0 Å². The molecule has 10 heavy (non-hydrogen) atoms. The van der Waals surface area contributed by atoms with Crippen LogP contribution in [0.5, 0.6) is 5.75 Å². The molecule has 3 nitrogen and oxygen atoms in total. The molecule has 0 unspecified atom stereocenters. The monoisotopic (exact) mass is 158 g/mol. The Kier molecular flexibility index (Phi) is 1.99. The van der Waals surface area contributed by atoms with E-state index >= 15 is 0 Å². The van der Waals surface area contributed by atoms with E-state index in [9.17, 15) is 5.11 Å². The number of benzene rings is 1. The van der Waals surface area contributed by atoms with Crippen molar-refractivity contribution in [1.29, 1.82) is 0 Å². The summed E-state index contributed by atoms with van der Waals surface area (Å²) in [6, 6.07) is 4.09. The highest BCUT2D eigenvalue weighted by molar-refractivity contribution is 6.30. The summed E-state index contributed by atoms with van der Waals surface area (Å²) in [6.45, 7) is 0. The molecule has 0 aliphatic carbocycles. The minimum absolute atomic E-state index is 0.0903. The van der Waals surface area contributed by atoms with Gasteiger partial charge in [-0.15, -0.1) is 0 Å². The zero-order valence-corrected chi connectivity index (χ0v) is 5.72. The molecule has 1 aromatic rings. The van der Waals surface area contributed by atoms with Crippen molar-refractivity contribution >= 4 is 17.3 Å². The molecule has 54 valence electrons. The number of halogens is 1. The summed E-state index contributed by atoms with van der Waals surface area (Å²) in [6.07, 6.45) is 0. The molecule has 0 aliphatic heterocycles. The number of hydrogen-bond acceptors (Lipinski definition) is 3. The molecule has 0 bridgehead atoms. The van der Waals surface area contributed by atoms with Crippen LogP contribution in [0.4, 0.5) is 5.69 Å². The third kappa shape index (κ3) is 1.32.